The first-order chi connectivity index (χ1) is 6.85. The van der Waals surface area contributed by atoms with Gasteiger partial charge in [-0.1, -0.05) is 33.8 Å². The van der Waals surface area contributed by atoms with Gasteiger partial charge in [-0.15, -0.1) is 0 Å². The van der Waals surface area contributed by atoms with Crippen LogP contribution in [0.5, 0.6) is 0 Å². The molecule has 0 saturated heterocycles. The Morgan fingerprint density at radius 2 is 1.93 bits per heavy atom. The van der Waals surface area contributed by atoms with Gasteiger partial charge in [0.25, 0.3) is 0 Å². The van der Waals surface area contributed by atoms with Crippen molar-refractivity contribution in [1.82, 2.24) is 0 Å². The summed E-state index contributed by atoms with van der Waals surface area (Å²) >= 11 is 0. The second-order valence-corrected chi connectivity index (χ2v) is 4.64. The van der Waals surface area contributed by atoms with Crippen LogP contribution >= 0.6 is 0 Å². The number of rotatable bonds is 6. The largest absolute Gasteiger partial charge is 0.456 e. The molecule has 0 spiro atoms. The van der Waals surface area contributed by atoms with Crippen LogP contribution in [-0.4, -0.2) is 11.6 Å². The van der Waals surface area contributed by atoms with Crippen LogP contribution in [0.25, 0.3) is 0 Å². The highest BCUT2D eigenvalue weighted by atomic mass is 16.6. The van der Waals surface area contributed by atoms with E-state index < -0.39 is 5.60 Å². The lowest BCUT2D eigenvalue weighted by Gasteiger charge is -2.31. The lowest BCUT2D eigenvalue weighted by Crippen LogP contribution is -2.35. The van der Waals surface area contributed by atoms with Gasteiger partial charge in [-0.25, -0.2) is 4.79 Å². The van der Waals surface area contributed by atoms with Gasteiger partial charge in [0.2, 0.25) is 0 Å². The molecule has 0 aliphatic rings. The molecular weight excluding hydrogens is 188 g/mol. The summed E-state index contributed by atoms with van der Waals surface area (Å²) in [6.07, 6.45) is 2.83. The van der Waals surface area contributed by atoms with Crippen molar-refractivity contribution in [2.24, 2.45) is 5.92 Å². The summed E-state index contributed by atoms with van der Waals surface area (Å²) in [6.45, 7) is 13.8. The van der Waals surface area contributed by atoms with E-state index in [1.807, 2.05) is 20.8 Å². The molecule has 0 fully saturated rings. The summed E-state index contributed by atoms with van der Waals surface area (Å²) < 4.78 is 5.47. The molecule has 0 aliphatic heterocycles. The third-order valence-corrected chi connectivity index (χ3v) is 2.98. The first kappa shape index (κ1) is 14.2. The third kappa shape index (κ3) is 4.50. The summed E-state index contributed by atoms with van der Waals surface area (Å²) in [5, 5.41) is 0. The van der Waals surface area contributed by atoms with Gasteiger partial charge in [0.1, 0.15) is 5.60 Å². The van der Waals surface area contributed by atoms with Gasteiger partial charge in [0, 0.05) is 5.57 Å². The molecule has 1 unspecified atom stereocenters. The maximum Gasteiger partial charge on any atom is 0.333 e. The molecule has 2 nitrogen and oxygen atoms in total. The van der Waals surface area contributed by atoms with Gasteiger partial charge in [0.15, 0.2) is 0 Å². The zero-order chi connectivity index (χ0) is 12.1. The summed E-state index contributed by atoms with van der Waals surface area (Å²) in [7, 11) is 0. The molecule has 0 bridgehead atoms. The molecule has 0 rings (SSSR count). The van der Waals surface area contributed by atoms with Crippen molar-refractivity contribution in [2.75, 3.05) is 0 Å². The maximum atomic E-state index is 11.6. The predicted molar refractivity (Wildman–Crippen MR) is 63.7 cm³/mol. The van der Waals surface area contributed by atoms with Crippen molar-refractivity contribution >= 4 is 5.97 Å². The van der Waals surface area contributed by atoms with Crippen LogP contribution in [0.2, 0.25) is 0 Å². The van der Waals surface area contributed by atoms with E-state index in [9.17, 15) is 4.79 Å². The Bertz CT molecular complexity index is 229. The molecule has 15 heavy (non-hydrogen) atoms. The van der Waals surface area contributed by atoms with Gasteiger partial charge in [-0.2, -0.15) is 0 Å². The van der Waals surface area contributed by atoms with E-state index in [2.05, 4.69) is 20.4 Å². The lowest BCUT2D eigenvalue weighted by molar-refractivity contribution is -0.156. The summed E-state index contributed by atoms with van der Waals surface area (Å²) in [6, 6.07) is 0. The highest BCUT2D eigenvalue weighted by Gasteiger charge is 2.29. The van der Waals surface area contributed by atoms with Gasteiger partial charge in [0.05, 0.1) is 0 Å². The van der Waals surface area contributed by atoms with E-state index in [4.69, 9.17) is 4.74 Å². The standard InChI is InChI=1S/C13H24O2/c1-7-9-11(4)13(5,6)15-12(14)10(3)8-2/h11H,3,7-9H2,1-2,4-6H3. The lowest BCUT2D eigenvalue weighted by atomic mass is 9.89. The van der Waals surface area contributed by atoms with Gasteiger partial charge >= 0.3 is 5.97 Å². The van der Waals surface area contributed by atoms with Gasteiger partial charge in [-0.05, 0) is 32.6 Å². The topological polar surface area (TPSA) is 26.3 Å². The highest BCUT2D eigenvalue weighted by molar-refractivity contribution is 5.87. The average Bonchev–Trinajstić information content (AvgIpc) is 2.16. The summed E-state index contributed by atoms with van der Waals surface area (Å²) in [5.41, 5.74) is 0.150. The van der Waals surface area contributed by atoms with Crippen molar-refractivity contribution in [3.05, 3.63) is 12.2 Å². The fourth-order valence-electron chi connectivity index (χ4n) is 1.34. The number of hydrogen-bond donors (Lipinski definition) is 0. The Morgan fingerprint density at radius 1 is 1.40 bits per heavy atom. The van der Waals surface area contributed by atoms with Crippen molar-refractivity contribution in [3.8, 4) is 0 Å². The fourth-order valence-corrected chi connectivity index (χ4v) is 1.34. The zero-order valence-corrected chi connectivity index (χ0v) is 10.7. The van der Waals surface area contributed by atoms with Crippen molar-refractivity contribution < 1.29 is 9.53 Å². The Kier molecular flexibility index (Phi) is 5.63. The highest BCUT2D eigenvalue weighted by Crippen LogP contribution is 2.26. The van der Waals surface area contributed by atoms with Crippen molar-refractivity contribution in [3.63, 3.8) is 0 Å². The Morgan fingerprint density at radius 3 is 2.33 bits per heavy atom. The minimum atomic E-state index is -0.398. The van der Waals surface area contributed by atoms with Crippen molar-refractivity contribution in [1.29, 1.82) is 0 Å². The SMILES string of the molecule is C=C(CC)C(=O)OC(C)(C)C(C)CCC. The van der Waals surface area contributed by atoms with Crippen LogP contribution in [-0.2, 0) is 9.53 Å². The van der Waals surface area contributed by atoms with E-state index in [-0.39, 0.29) is 5.97 Å². The molecule has 88 valence electrons. The van der Waals surface area contributed by atoms with Crippen LogP contribution in [0.4, 0.5) is 0 Å². The van der Waals surface area contributed by atoms with Crippen LogP contribution in [0.3, 0.4) is 0 Å². The summed E-state index contributed by atoms with van der Waals surface area (Å²) in [5.74, 6) is 0.113. The maximum absolute atomic E-state index is 11.6. The molecule has 0 heterocycles. The number of ether oxygens (including phenoxy) is 1. The zero-order valence-electron chi connectivity index (χ0n) is 10.7. The fraction of sp³-hybridized carbons (Fsp3) is 0.769. The number of carbonyl (C=O) groups is 1. The van der Waals surface area contributed by atoms with E-state index in [1.165, 1.54) is 0 Å². The van der Waals surface area contributed by atoms with E-state index in [0.29, 0.717) is 17.9 Å². The Labute approximate surface area is 93.7 Å². The first-order valence-corrected chi connectivity index (χ1v) is 5.76. The third-order valence-electron chi connectivity index (χ3n) is 2.98. The Balaban J connectivity index is 4.36. The molecule has 2 heteroatoms. The van der Waals surface area contributed by atoms with Crippen LogP contribution in [0.1, 0.15) is 53.9 Å². The van der Waals surface area contributed by atoms with Crippen molar-refractivity contribution in [2.45, 2.75) is 59.5 Å². The molecule has 1 atom stereocenters. The Hall–Kier alpha value is -0.790. The minimum absolute atomic E-state index is 0.259. The van der Waals surface area contributed by atoms with Crippen LogP contribution in [0, 0.1) is 5.92 Å². The monoisotopic (exact) mass is 212 g/mol. The van der Waals surface area contributed by atoms with E-state index in [0.717, 1.165) is 12.8 Å². The smallest absolute Gasteiger partial charge is 0.333 e. The first-order valence-electron chi connectivity index (χ1n) is 5.76. The van der Waals surface area contributed by atoms with Crippen LogP contribution in [0.15, 0.2) is 12.2 Å². The molecule has 0 aliphatic carbocycles. The molecule has 0 aromatic carbocycles. The van der Waals surface area contributed by atoms with E-state index in [1.54, 1.807) is 0 Å². The molecule has 0 amide bonds. The molecule has 0 radical (unpaired) electrons. The van der Waals surface area contributed by atoms with E-state index >= 15 is 0 Å². The molecular formula is C13H24O2. The number of hydrogen-bond acceptors (Lipinski definition) is 2. The van der Waals surface area contributed by atoms with Gasteiger partial charge in [-0.3, -0.25) is 0 Å². The number of esters is 1. The average molecular weight is 212 g/mol. The number of carbonyl (C=O) groups excluding carboxylic acids is 1. The second-order valence-electron chi connectivity index (χ2n) is 4.64. The molecule has 0 aromatic rings. The second kappa shape index (κ2) is 5.94. The molecule has 0 saturated carbocycles. The van der Waals surface area contributed by atoms with Crippen LogP contribution < -0.4 is 0 Å². The normalized spacial score (nSPS) is 13.4. The summed E-state index contributed by atoms with van der Waals surface area (Å²) in [4.78, 5) is 11.6. The van der Waals surface area contributed by atoms with Gasteiger partial charge < -0.3 is 4.74 Å². The predicted octanol–water partition coefficient (Wildman–Crippen LogP) is 3.71. The quantitative estimate of drug-likeness (QED) is 0.495. The molecule has 0 aromatic heterocycles. The minimum Gasteiger partial charge on any atom is -0.456 e. The molecule has 0 N–H and O–H groups in total.